The zero-order chi connectivity index (χ0) is 18.1. The summed E-state index contributed by atoms with van der Waals surface area (Å²) in [5.74, 6) is -0.0686. The molecule has 3 rings (SSSR count). The SMILES string of the molecule is CC(=O)N1c2ccc(N3CCOCC3)cc2[C@H](NC(=O)O)[C@@H](C)[C@@H]1C. The Morgan fingerprint density at radius 1 is 1.24 bits per heavy atom. The number of fused-ring (bicyclic) bond motifs is 1. The van der Waals surface area contributed by atoms with E-state index in [2.05, 4.69) is 10.2 Å². The van der Waals surface area contributed by atoms with Gasteiger partial charge in [0.25, 0.3) is 0 Å². The normalized spacial score (nSPS) is 26.1. The topological polar surface area (TPSA) is 82.1 Å². The number of carbonyl (C=O) groups is 2. The van der Waals surface area contributed by atoms with E-state index in [0.717, 1.165) is 30.0 Å². The van der Waals surface area contributed by atoms with Gasteiger partial charge < -0.3 is 25.0 Å². The highest BCUT2D eigenvalue weighted by molar-refractivity contribution is 5.94. The van der Waals surface area contributed by atoms with Crippen LogP contribution in [0.15, 0.2) is 18.2 Å². The van der Waals surface area contributed by atoms with Gasteiger partial charge in [0.15, 0.2) is 0 Å². The van der Waals surface area contributed by atoms with Crippen molar-refractivity contribution in [1.82, 2.24) is 5.32 Å². The Morgan fingerprint density at radius 2 is 1.92 bits per heavy atom. The number of anilines is 2. The van der Waals surface area contributed by atoms with E-state index < -0.39 is 6.09 Å². The molecule has 136 valence electrons. The number of nitrogens with one attached hydrogen (secondary N) is 1. The average molecular weight is 347 g/mol. The predicted octanol–water partition coefficient (Wildman–Crippen LogP) is 2.22. The number of hydrogen-bond donors (Lipinski definition) is 2. The molecule has 0 saturated carbocycles. The molecule has 0 aromatic heterocycles. The highest BCUT2D eigenvalue weighted by Gasteiger charge is 2.39. The molecule has 1 aromatic carbocycles. The zero-order valence-electron chi connectivity index (χ0n) is 14.9. The first-order chi connectivity index (χ1) is 11.9. The quantitative estimate of drug-likeness (QED) is 0.857. The predicted molar refractivity (Wildman–Crippen MR) is 95.2 cm³/mol. The summed E-state index contributed by atoms with van der Waals surface area (Å²) in [6.07, 6.45) is -1.05. The molecule has 2 amide bonds. The molecule has 2 aliphatic rings. The van der Waals surface area contributed by atoms with E-state index in [1.165, 1.54) is 0 Å². The zero-order valence-corrected chi connectivity index (χ0v) is 14.9. The number of rotatable bonds is 2. The molecule has 0 radical (unpaired) electrons. The van der Waals surface area contributed by atoms with Crippen LogP contribution in [0.5, 0.6) is 0 Å². The molecule has 0 unspecified atom stereocenters. The lowest BCUT2D eigenvalue weighted by Gasteiger charge is -2.44. The third-order valence-electron chi connectivity index (χ3n) is 5.29. The van der Waals surface area contributed by atoms with Crippen molar-refractivity contribution in [1.29, 1.82) is 0 Å². The Morgan fingerprint density at radius 3 is 2.52 bits per heavy atom. The van der Waals surface area contributed by atoms with Crippen LogP contribution < -0.4 is 15.1 Å². The van der Waals surface area contributed by atoms with Crippen molar-refractivity contribution in [2.75, 3.05) is 36.1 Å². The molecule has 3 atom stereocenters. The van der Waals surface area contributed by atoms with Gasteiger partial charge in [-0.15, -0.1) is 0 Å². The maximum atomic E-state index is 12.2. The van der Waals surface area contributed by atoms with E-state index in [9.17, 15) is 14.7 Å². The van der Waals surface area contributed by atoms with E-state index >= 15 is 0 Å². The van der Waals surface area contributed by atoms with Crippen LogP contribution in [0.25, 0.3) is 0 Å². The lowest BCUT2D eigenvalue weighted by atomic mass is 9.82. The van der Waals surface area contributed by atoms with Crippen molar-refractivity contribution < 1.29 is 19.4 Å². The molecule has 2 N–H and O–H groups in total. The molecule has 7 nitrogen and oxygen atoms in total. The third kappa shape index (κ3) is 3.28. The number of amides is 2. The number of nitrogens with zero attached hydrogens (tertiary/aromatic N) is 2. The van der Waals surface area contributed by atoms with Gasteiger partial charge in [0, 0.05) is 48.9 Å². The highest BCUT2D eigenvalue weighted by atomic mass is 16.5. The lowest BCUT2D eigenvalue weighted by molar-refractivity contribution is -0.117. The van der Waals surface area contributed by atoms with Crippen molar-refractivity contribution in [3.8, 4) is 0 Å². The van der Waals surface area contributed by atoms with Crippen LogP contribution in [0.4, 0.5) is 16.2 Å². The fourth-order valence-corrected chi connectivity index (χ4v) is 3.84. The second-order valence-electron chi connectivity index (χ2n) is 6.76. The van der Waals surface area contributed by atoms with Crippen molar-refractivity contribution in [2.45, 2.75) is 32.9 Å². The second kappa shape index (κ2) is 6.92. The summed E-state index contributed by atoms with van der Waals surface area (Å²) in [6, 6.07) is 5.51. The first kappa shape index (κ1) is 17.5. The molecular formula is C18H25N3O4. The van der Waals surface area contributed by atoms with E-state index in [1.807, 2.05) is 32.0 Å². The van der Waals surface area contributed by atoms with Gasteiger partial charge in [0.1, 0.15) is 0 Å². The van der Waals surface area contributed by atoms with Crippen LogP contribution in [0, 0.1) is 5.92 Å². The fraction of sp³-hybridized carbons (Fsp3) is 0.556. The monoisotopic (exact) mass is 347 g/mol. The number of benzene rings is 1. The Hall–Kier alpha value is -2.28. The number of carbonyl (C=O) groups excluding carboxylic acids is 1. The number of carboxylic acid groups (broad SMARTS) is 1. The number of ether oxygens (including phenoxy) is 1. The largest absolute Gasteiger partial charge is 0.465 e. The molecule has 0 spiro atoms. The summed E-state index contributed by atoms with van der Waals surface area (Å²) in [5, 5.41) is 11.9. The maximum Gasteiger partial charge on any atom is 0.405 e. The minimum Gasteiger partial charge on any atom is -0.465 e. The Bertz CT molecular complexity index is 672. The van der Waals surface area contributed by atoms with Gasteiger partial charge in [-0.05, 0) is 25.1 Å². The molecule has 2 aliphatic heterocycles. The number of hydrogen-bond acceptors (Lipinski definition) is 4. The molecule has 1 fully saturated rings. The van der Waals surface area contributed by atoms with E-state index in [4.69, 9.17) is 4.74 Å². The summed E-state index contributed by atoms with van der Waals surface area (Å²) in [4.78, 5) is 27.5. The lowest BCUT2D eigenvalue weighted by Crippen LogP contribution is -2.50. The van der Waals surface area contributed by atoms with Crippen LogP contribution in [0.1, 0.15) is 32.4 Å². The van der Waals surface area contributed by atoms with E-state index in [1.54, 1.807) is 11.8 Å². The minimum absolute atomic E-state index is 0.0338. The molecule has 25 heavy (non-hydrogen) atoms. The first-order valence-electron chi connectivity index (χ1n) is 8.66. The van der Waals surface area contributed by atoms with Crippen molar-refractivity contribution in [3.63, 3.8) is 0 Å². The number of morpholine rings is 1. The molecular weight excluding hydrogens is 322 g/mol. The van der Waals surface area contributed by atoms with Crippen LogP contribution in [0.2, 0.25) is 0 Å². The Labute approximate surface area is 147 Å². The van der Waals surface area contributed by atoms with Crippen molar-refractivity contribution in [2.24, 2.45) is 5.92 Å². The molecule has 0 bridgehead atoms. The molecule has 2 heterocycles. The van der Waals surface area contributed by atoms with Gasteiger partial charge in [0.05, 0.1) is 19.3 Å². The van der Waals surface area contributed by atoms with Gasteiger partial charge in [-0.3, -0.25) is 4.79 Å². The van der Waals surface area contributed by atoms with Gasteiger partial charge >= 0.3 is 6.09 Å². The average Bonchev–Trinajstić information content (AvgIpc) is 2.59. The Balaban J connectivity index is 2.05. The first-order valence-corrected chi connectivity index (χ1v) is 8.66. The van der Waals surface area contributed by atoms with Gasteiger partial charge in [-0.2, -0.15) is 0 Å². The third-order valence-corrected chi connectivity index (χ3v) is 5.29. The molecule has 1 saturated heterocycles. The maximum absolute atomic E-state index is 12.2. The fourth-order valence-electron chi connectivity index (χ4n) is 3.84. The smallest absolute Gasteiger partial charge is 0.405 e. The molecule has 1 aromatic rings. The van der Waals surface area contributed by atoms with Crippen molar-refractivity contribution in [3.05, 3.63) is 23.8 Å². The summed E-state index contributed by atoms with van der Waals surface area (Å²) in [5.41, 5.74) is 2.67. The molecule has 7 heteroatoms. The minimum atomic E-state index is -1.05. The summed E-state index contributed by atoms with van der Waals surface area (Å²) in [6.45, 7) is 8.46. The van der Waals surface area contributed by atoms with Gasteiger partial charge in [-0.1, -0.05) is 6.92 Å². The van der Waals surface area contributed by atoms with Crippen molar-refractivity contribution >= 4 is 23.4 Å². The van der Waals surface area contributed by atoms with Crippen LogP contribution in [-0.4, -0.2) is 49.5 Å². The van der Waals surface area contributed by atoms with E-state index in [-0.39, 0.29) is 23.9 Å². The molecule has 0 aliphatic carbocycles. The van der Waals surface area contributed by atoms with Gasteiger partial charge in [-0.25, -0.2) is 4.79 Å². The highest BCUT2D eigenvalue weighted by Crippen LogP contribution is 2.42. The van der Waals surface area contributed by atoms with Crippen LogP contribution >= 0.6 is 0 Å². The van der Waals surface area contributed by atoms with E-state index in [0.29, 0.717) is 13.2 Å². The van der Waals surface area contributed by atoms with Crippen LogP contribution in [-0.2, 0) is 9.53 Å². The summed E-state index contributed by atoms with van der Waals surface area (Å²) < 4.78 is 5.40. The summed E-state index contributed by atoms with van der Waals surface area (Å²) in [7, 11) is 0. The standard InChI is InChI=1S/C18H25N3O4/c1-11-12(2)21(13(3)22)16-5-4-14(20-6-8-25-9-7-20)10-15(16)17(11)19-18(23)24/h4-5,10-12,17,19H,6-9H2,1-3H3,(H,23,24)/t11-,12-,17+/m0/s1. The second-order valence-corrected chi connectivity index (χ2v) is 6.76. The van der Waals surface area contributed by atoms with Crippen LogP contribution in [0.3, 0.4) is 0 Å². The van der Waals surface area contributed by atoms with Gasteiger partial charge in [0.2, 0.25) is 5.91 Å². The Kier molecular flexibility index (Phi) is 4.85. The summed E-state index contributed by atoms with van der Waals surface area (Å²) >= 11 is 0.